The fourth-order valence-corrected chi connectivity index (χ4v) is 3.99. The first kappa shape index (κ1) is 24.2. The number of aryl methyl sites for hydroxylation is 1. The number of nitrogens with zero attached hydrogens (tertiary/aromatic N) is 2. The van der Waals surface area contributed by atoms with Crippen molar-refractivity contribution in [2.45, 2.75) is 26.8 Å². The molecule has 0 amide bonds. The van der Waals surface area contributed by atoms with Gasteiger partial charge in [-0.2, -0.15) is 5.26 Å². The molecule has 0 saturated heterocycles. The van der Waals surface area contributed by atoms with Gasteiger partial charge in [-0.25, -0.2) is 0 Å². The minimum atomic E-state index is 0.506. The molecule has 6 nitrogen and oxygen atoms in total. The molecule has 0 radical (unpaired) electrons. The van der Waals surface area contributed by atoms with E-state index in [4.69, 9.17) is 4.74 Å². The number of benzene rings is 2. The molecule has 0 unspecified atom stereocenters. The van der Waals surface area contributed by atoms with Crippen LogP contribution in [-0.4, -0.2) is 29.7 Å². The molecule has 178 valence electrons. The molecule has 0 spiro atoms. The normalized spacial score (nSPS) is 11.2. The molecule has 0 aliphatic carbocycles. The lowest BCUT2D eigenvalue weighted by atomic mass is 10.1. The average Bonchev–Trinajstić information content (AvgIpc) is 3.37. The number of fused-ring (bicyclic) bond motifs is 1. The first-order valence-corrected chi connectivity index (χ1v) is 12.0. The van der Waals surface area contributed by atoms with Gasteiger partial charge in [0.05, 0.1) is 11.3 Å². The number of hydrogen-bond donors (Lipinski definition) is 3. The van der Waals surface area contributed by atoms with Crippen LogP contribution in [0.25, 0.3) is 23.1 Å². The molecule has 2 heterocycles. The van der Waals surface area contributed by atoms with Gasteiger partial charge in [-0.3, -0.25) is 4.98 Å². The number of anilines is 2. The number of aromatic nitrogens is 2. The largest absolute Gasteiger partial charge is 0.382 e. The minimum Gasteiger partial charge on any atom is -0.382 e. The summed E-state index contributed by atoms with van der Waals surface area (Å²) in [5, 5.41) is 17.8. The highest BCUT2D eigenvalue weighted by molar-refractivity contribution is 5.90. The van der Waals surface area contributed by atoms with Gasteiger partial charge in [0, 0.05) is 60.5 Å². The lowest BCUT2D eigenvalue weighted by molar-refractivity contribution is 0.144. The zero-order chi connectivity index (χ0) is 24.5. The van der Waals surface area contributed by atoms with Crippen molar-refractivity contribution in [1.29, 1.82) is 5.26 Å². The number of aromatic amines is 1. The molecule has 4 rings (SSSR count). The predicted octanol–water partition coefficient (Wildman–Crippen LogP) is 6.17. The summed E-state index contributed by atoms with van der Waals surface area (Å²) < 4.78 is 5.36. The van der Waals surface area contributed by atoms with E-state index < -0.39 is 0 Å². The van der Waals surface area contributed by atoms with Crippen molar-refractivity contribution in [2.24, 2.45) is 0 Å². The Morgan fingerprint density at radius 2 is 1.94 bits per heavy atom. The molecule has 3 N–H and O–H groups in total. The Kier molecular flexibility index (Phi) is 8.29. The van der Waals surface area contributed by atoms with E-state index in [-0.39, 0.29) is 0 Å². The van der Waals surface area contributed by atoms with Crippen LogP contribution in [0.1, 0.15) is 41.2 Å². The summed E-state index contributed by atoms with van der Waals surface area (Å²) in [5.74, 6) is 0. The lowest BCUT2D eigenvalue weighted by Crippen LogP contribution is -2.16. The standard InChI is InChI=1S/C29H31N5O/c1-3-35-16-4-14-31-18-23-7-5-22(6-8-23)9-10-24-19-32-20-25(17-30)29(24)34-27-11-12-28-26(21(27)2)13-15-33-28/h5-13,15,19-20,31,33H,3-4,14,16,18H2,1-2H3,(H,32,34)/b10-9+. The molecule has 6 heteroatoms. The third kappa shape index (κ3) is 6.15. The molecule has 2 aromatic heterocycles. The third-order valence-electron chi connectivity index (χ3n) is 5.97. The van der Waals surface area contributed by atoms with Gasteiger partial charge in [0.1, 0.15) is 6.07 Å². The predicted molar refractivity (Wildman–Crippen MR) is 143 cm³/mol. The molecule has 0 aliphatic rings. The highest BCUT2D eigenvalue weighted by Crippen LogP contribution is 2.31. The number of pyridine rings is 1. The quantitative estimate of drug-likeness (QED) is 0.231. The van der Waals surface area contributed by atoms with E-state index in [1.807, 2.05) is 37.4 Å². The van der Waals surface area contributed by atoms with Gasteiger partial charge >= 0.3 is 0 Å². The topological polar surface area (TPSA) is 85.8 Å². The van der Waals surface area contributed by atoms with Crippen LogP contribution >= 0.6 is 0 Å². The number of hydrogen-bond acceptors (Lipinski definition) is 5. The van der Waals surface area contributed by atoms with Crippen LogP contribution in [-0.2, 0) is 11.3 Å². The second-order valence-corrected chi connectivity index (χ2v) is 8.37. The van der Waals surface area contributed by atoms with Crippen molar-refractivity contribution >= 4 is 34.4 Å². The molecule has 0 aliphatic heterocycles. The van der Waals surface area contributed by atoms with Crippen molar-refractivity contribution < 1.29 is 4.74 Å². The molecule has 35 heavy (non-hydrogen) atoms. The van der Waals surface area contributed by atoms with Crippen LogP contribution < -0.4 is 10.6 Å². The molecule has 0 fully saturated rings. The Balaban J connectivity index is 1.47. The van der Waals surface area contributed by atoms with Crippen molar-refractivity contribution in [1.82, 2.24) is 15.3 Å². The molecule has 0 atom stereocenters. The molecule has 4 aromatic rings. The summed E-state index contributed by atoms with van der Waals surface area (Å²) in [6.07, 6.45) is 10.4. The van der Waals surface area contributed by atoms with E-state index >= 15 is 0 Å². The van der Waals surface area contributed by atoms with E-state index in [0.29, 0.717) is 5.56 Å². The maximum Gasteiger partial charge on any atom is 0.103 e. The number of ether oxygens (including phenoxy) is 1. The van der Waals surface area contributed by atoms with Gasteiger partial charge in [-0.05, 0) is 61.7 Å². The number of H-pyrrole nitrogens is 1. The maximum absolute atomic E-state index is 9.70. The summed E-state index contributed by atoms with van der Waals surface area (Å²) in [5.41, 5.74) is 7.63. The van der Waals surface area contributed by atoms with Gasteiger partial charge < -0.3 is 20.4 Å². The van der Waals surface area contributed by atoms with Crippen molar-refractivity contribution in [2.75, 3.05) is 25.1 Å². The van der Waals surface area contributed by atoms with E-state index in [1.54, 1.807) is 12.4 Å². The molecule has 0 saturated carbocycles. The molecular formula is C29H31N5O. The summed E-state index contributed by atoms with van der Waals surface area (Å²) in [4.78, 5) is 7.51. The van der Waals surface area contributed by atoms with Crippen LogP contribution in [0.5, 0.6) is 0 Å². The summed E-state index contributed by atoms with van der Waals surface area (Å²) in [7, 11) is 0. The number of nitrogens with one attached hydrogen (secondary N) is 3. The van der Waals surface area contributed by atoms with Crippen LogP contribution in [0.4, 0.5) is 11.4 Å². The van der Waals surface area contributed by atoms with Gasteiger partial charge in [-0.15, -0.1) is 0 Å². The van der Waals surface area contributed by atoms with Crippen molar-refractivity contribution in [3.8, 4) is 6.07 Å². The van der Waals surface area contributed by atoms with Crippen LogP contribution in [0.15, 0.2) is 61.1 Å². The zero-order valence-electron chi connectivity index (χ0n) is 20.3. The van der Waals surface area contributed by atoms with Crippen molar-refractivity contribution in [3.63, 3.8) is 0 Å². The Labute approximate surface area is 206 Å². The first-order chi connectivity index (χ1) is 17.2. The van der Waals surface area contributed by atoms with Gasteiger partial charge in [-0.1, -0.05) is 36.4 Å². The highest BCUT2D eigenvalue weighted by atomic mass is 16.5. The first-order valence-electron chi connectivity index (χ1n) is 12.0. The van der Waals surface area contributed by atoms with E-state index in [9.17, 15) is 5.26 Å². The number of rotatable bonds is 11. The van der Waals surface area contributed by atoms with Crippen LogP contribution in [0.2, 0.25) is 0 Å². The lowest BCUT2D eigenvalue weighted by Gasteiger charge is -2.14. The summed E-state index contributed by atoms with van der Waals surface area (Å²) >= 11 is 0. The second-order valence-electron chi connectivity index (χ2n) is 8.37. The van der Waals surface area contributed by atoms with Crippen molar-refractivity contribution in [3.05, 3.63) is 88.9 Å². The van der Waals surface area contributed by atoms with E-state index in [1.165, 1.54) is 5.56 Å². The zero-order valence-corrected chi connectivity index (χ0v) is 20.3. The van der Waals surface area contributed by atoms with E-state index in [2.05, 4.69) is 63.9 Å². The maximum atomic E-state index is 9.70. The third-order valence-corrected chi connectivity index (χ3v) is 5.97. The second kappa shape index (κ2) is 12.0. The smallest absolute Gasteiger partial charge is 0.103 e. The molecule has 0 bridgehead atoms. The molecule has 2 aromatic carbocycles. The van der Waals surface area contributed by atoms with Gasteiger partial charge in [0.15, 0.2) is 0 Å². The average molecular weight is 466 g/mol. The SMILES string of the molecule is CCOCCCNCc1ccc(/C=C/c2cncc(C#N)c2Nc2ccc3[nH]ccc3c2C)cc1. The van der Waals surface area contributed by atoms with E-state index in [0.717, 1.165) is 71.7 Å². The summed E-state index contributed by atoms with van der Waals surface area (Å²) in [6, 6.07) is 16.9. The Bertz CT molecular complexity index is 1330. The number of nitriles is 1. The Morgan fingerprint density at radius 1 is 1.09 bits per heavy atom. The fourth-order valence-electron chi connectivity index (χ4n) is 3.99. The minimum absolute atomic E-state index is 0.506. The summed E-state index contributed by atoms with van der Waals surface area (Å²) in [6.45, 7) is 7.44. The van der Waals surface area contributed by atoms with Crippen LogP contribution in [0.3, 0.4) is 0 Å². The monoisotopic (exact) mass is 465 g/mol. The highest BCUT2D eigenvalue weighted by Gasteiger charge is 2.11. The Morgan fingerprint density at radius 3 is 2.74 bits per heavy atom. The van der Waals surface area contributed by atoms with Crippen LogP contribution in [0, 0.1) is 18.3 Å². The molecular weight excluding hydrogens is 434 g/mol. The Hall–Kier alpha value is -3.92. The van der Waals surface area contributed by atoms with Gasteiger partial charge in [0.25, 0.3) is 0 Å². The van der Waals surface area contributed by atoms with Gasteiger partial charge in [0.2, 0.25) is 0 Å². The fraction of sp³-hybridized carbons (Fsp3) is 0.241.